The van der Waals surface area contributed by atoms with Crippen LogP contribution in [0.15, 0.2) is 29.1 Å². The highest BCUT2D eigenvalue weighted by Gasteiger charge is 2.55. The van der Waals surface area contributed by atoms with Crippen LogP contribution in [0.4, 0.5) is 0 Å². The normalized spacial score (nSPS) is 28.6. The summed E-state index contributed by atoms with van der Waals surface area (Å²) in [5.41, 5.74) is 4.93. The molecule has 0 unspecified atom stereocenters. The molecule has 2 fully saturated rings. The topological polar surface area (TPSA) is 63.2 Å². The highest BCUT2D eigenvalue weighted by Crippen LogP contribution is 2.46. The molecule has 4 heterocycles. The Kier molecular flexibility index (Phi) is 4.40. The van der Waals surface area contributed by atoms with Crippen molar-refractivity contribution in [3.63, 3.8) is 0 Å². The van der Waals surface area contributed by atoms with Crippen molar-refractivity contribution in [1.82, 2.24) is 15.6 Å². The molecule has 3 aliphatic heterocycles. The summed E-state index contributed by atoms with van der Waals surface area (Å²) in [5.74, 6) is 1.16. The van der Waals surface area contributed by atoms with Crippen molar-refractivity contribution in [3.8, 4) is 5.75 Å². The average Bonchev–Trinajstić information content (AvgIpc) is 3.44. The summed E-state index contributed by atoms with van der Waals surface area (Å²) >= 11 is 1.60. The number of nitrogens with zero attached hydrogens (tertiary/aromatic N) is 1. The molecule has 6 heteroatoms. The number of aryl methyl sites for hydroxylation is 1. The Bertz CT molecular complexity index is 838. The standard InChI is InChI=1S/C21H25N3O2S/c25-20(22-11-14-3-5-18-15(8-14)2-1-7-26-18)21(10-17-12-27-13-23-17)9-16-4-6-19(21)24-16/h3,5,8,12-13,16,19,24H,1-2,4,6-7,9-11H2,(H,22,25)/t16-,19+,21-/m1/s1. The molecule has 1 aromatic carbocycles. The maximum absolute atomic E-state index is 13.3. The molecule has 142 valence electrons. The van der Waals surface area contributed by atoms with Crippen LogP contribution in [0, 0.1) is 5.41 Å². The Morgan fingerprint density at radius 3 is 3.15 bits per heavy atom. The molecular weight excluding hydrogens is 358 g/mol. The van der Waals surface area contributed by atoms with Gasteiger partial charge in [0, 0.05) is 30.4 Å². The van der Waals surface area contributed by atoms with Gasteiger partial charge in [0.05, 0.1) is 23.2 Å². The van der Waals surface area contributed by atoms with Crippen LogP contribution in [0.3, 0.4) is 0 Å². The summed E-state index contributed by atoms with van der Waals surface area (Å²) in [6, 6.07) is 7.03. The zero-order valence-corrected chi connectivity index (χ0v) is 16.2. The van der Waals surface area contributed by atoms with Gasteiger partial charge in [0.25, 0.3) is 0 Å². The lowest BCUT2D eigenvalue weighted by atomic mass is 9.70. The smallest absolute Gasteiger partial charge is 0.228 e. The number of thiazole rings is 1. The van der Waals surface area contributed by atoms with Gasteiger partial charge in [-0.3, -0.25) is 4.79 Å². The minimum absolute atomic E-state index is 0.171. The van der Waals surface area contributed by atoms with E-state index in [4.69, 9.17) is 4.74 Å². The third-order valence-electron chi connectivity index (χ3n) is 6.38. The Hall–Kier alpha value is -1.92. The van der Waals surface area contributed by atoms with Crippen molar-refractivity contribution < 1.29 is 9.53 Å². The number of amides is 1. The van der Waals surface area contributed by atoms with Gasteiger partial charge in [0.1, 0.15) is 5.75 Å². The molecule has 0 spiro atoms. The van der Waals surface area contributed by atoms with Gasteiger partial charge in [-0.1, -0.05) is 12.1 Å². The number of carbonyl (C=O) groups excluding carboxylic acids is 1. The Labute approximate surface area is 163 Å². The Morgan fingerprint density at radius 1 is 1.41 bits per heavy atom. The number of ether oxygens (including phenoxy) is 1. The number of fused-ring (bicyclic) bond motifs is 3. The molecule has 2 bridgehead atoms. The van der Waals surface area contributed by atoms with Gasteiger partial charge in [0.15, 0.2) is 0 Å². The van der Waals surface area contributed by atoms with Crippen molar-refractivity contribution in [2.45, 2.75) is 57.2 Å². The fraction of sp³-hybridized carbons (Fsp3) is 0.524. The van der Waals surface area contributed by atoms with Crippen molar-refractivity contribution in [3.05, 3.63) is 45.9 Å². The summed E-state index contributed by atoms with van der Waals surface area (Å²) in [4.78, 5) is 17.8. The van der Waals surface area contributed by atoms with E-state index in [1.165, 1.54) is 12.0 Å². The highest BCUT2D eigenvalue weighted by molar-refractivity contribution is 7.07. The molecule has 5 nitrogen and oxygen atoms in total. The SMILES string of the molecule is O=C(NCc1ccc2c(c1)CCCO2)[C@@]1(Cc2cscn2)C[C@H]2CC[C@@H]1N2. The van der Waals surface area contributed by atoms with Gasteiger partial charge in [-0.05, 0) is 49.3 Å². The van der Waals surface area contributed by atoms with Crippen LogP contribution in [0.5, 0.6) is 5.75 Å². The molecule has 1 aromatic heterocycles. The lowest BCUT2D eigenvalue weighted by Gasteiger charge is -2.34. The van der Waals surface area contributed by atoms with Crippen LogP contribution < -0.4 is 15.4 Å². The summed E-state index contributed by atoms with van der Waals surface area (Å²) in [6.45, 7) is 1.38. The predicted molar refractivity (Wildman–Crippen MR) is 105 cm³/mol. The summed E-state index contributed by atoms with van der Waals surface area (Å²) < 4.78 is 5.69. The van der Waals surface area contributed by atoms with E-state index in [1.807, 2.05) is 11.6 Å². The fourth-order valence-corrected chi connectivity index (χ4v) is 5.61. The van der Waals surface area contributed by atoms with E-state index in [1.54, 1.807) is 11.3 Å². The maximum atomic E-state index is 13.3. The Balaban J connectivity index is 1.32. The Morgan fingerprint density at radius 2 is 2.37 bits per heavy atom. The third-order valence-corrected chi connectivity index (χ3v) is 7.01. The number of aromatic nitrogens is 1. The lowest BCUT2D eigenvalue weighted by molar-refractivity contribution is -0.132. The van der Waals surface area contributed by atoms with Crippen molar-refractivity contribution >= 4 is 17.2 Å². The second-order valence-electron chi connectivity index (χ2n) is 8.09. The van der Waals surface area contributed by atoms with Gasteiger partial charge in [-0.25, -0.2) is 4.98 Å². The third kappa shape index (κ3) is 3.15. The van der Waals surface area contributed by atoms with E-state index in [0.29, 0.717) is 12.6 Å². The molecular formula is C21H25N3O2S. The molecule has 0 aliphatic carbocycles. The number of carbonyl (C=O) groups is 1. The summed E-state index contributed by atoms with van der Waals surface area (Å²) in [7, 11) is 0. The van der Waals surface area contributed by atoms with Gasteiger partial charge in [-0.15, -0.1) is 11.3 Å². The van der Waals surface area contributed by atoms with Gasteiger partial charge >= 0.3 is 0 Å². The molecule has 2 saturated heterocycles. The van der Waals surface area contributed by atoms with Crippen molar-refractivity contribution in [1.29, 1.82) is 0 Å². The van der Waals surface area contributed by atoms with E-state index in [2.05, 4.69) is 33.1 Å². The van der Waals surface area contributed by atoms with Crippen LogP contribution in [-0.2, 0) is 24.2 Å². The molecule has 2 N–H and O–H groups in total. The number of hydrogen-bond donors (Lipinski definition) is 2. The molecule has 27 heavy (non-hydrogen) atoms. The van der Waals surface area contributed by atoms with Crippen molar-refractivity contribution in [2.75, 3.05) is 6.61 Å². The monoisotopic (exact) mass is 383 g/mol. The fourth-order valence-electron chi connectivity index (χ4n) is 5.05. The second-order valence-corrected chi connectivity index (χ2v) is 8.81. The predicted octanol–water partition coefficient (Wildman–Crippen LogP) is 2.84. The van der Waals surface area contributed by atoms with Crippen LogP contribution in [0.25, 0.3) is 0 Å². The van der Waals surface area contributed by atoms with E-state index in [-0.39, 0.29) is 17.4 Å². The quantitative estimate of drug-likeness (QED) is 0.833. The van der Waals surface area contributed by atoms with Gasteiger partial charge in [-0.2, -0.15) is 0 Å². The first-order chi connectivity index (χ1) is 13.2. The van der Waals surface area contributed by atoms with Crippen molar-refractivity contribution in [2.24, 2.45) is 5.41 Å². The minimum atomic E-state index is -0.367. The lowest BCUT2D eigenvalue weighted by Crippen LogP contribution is -2.49. The van der Waals surface area contributed by atoms with Crippen LogP contribution in [0.2, 0.25) is 0 Å². The highest BCUT2D eigenvalue weighted by atomic mass is 32.1. The van der Waals surface area contributed by atoms with E-state index in [0.717, 1.165) is 55.7 Å². The van der Waals surface area contributed by atoms with Gasteiger partial charge in [0.2, 0.25) is 5.91 Å². The van der Waals surface area contributed by atoms with E-state index >= 15 is 0 Å². The van der Waals surface area contributed by atoms with E-state index < -0.39 is 0 Å². The molecule has 5 rings (SSSR count). The number of nitrogens with one attached hydrogen (secondary N) is 2. The zero-order chi connectivity index (χ0) is 18.3. The minimum Gasteiger partial charge on any atom is -0.493 e. The largest absolute Gasteiger partial charge is 0.493 e. The molecule has 2 aromatic rings. The van der Waals surface area contributed by atoms with Gasteiger partial charge < -0.3 is 15.4 Å². The average molecular weight is 384 g/mol. The van der Waals surface area contributed by atoms with Crippen LogP contribution in [-0.4, -0.2) is 29.6 Å². The summed E-state index contributed by atoms with van der Waals surface area (Å²) in [6.07, 6.45) is 6.03. The molecule has 3 atom stereocenters. The number of hydrogen-bond acceptors (Lipinski definition) is 5. The van der Waals surface area contributed by atoms with Crippen LogP contribution >= 0.6 is 11.3 Å². The molecule has 0 radical (unpaired) electrons. The molecule has 3 aliphatic rings. The van der Waals surface area contributed by atoms with E-state index in [9.17, 15) is 4.79 Å². The molecule has 1 amide bonds. The first kappa shape index (κ1) is 17.2. The first-order valence-electron chi connectivity index (χ1n) is 9.89. The first-order valence-corrected chi connectivity index (χ1v) is 10.8. The zero-order valence-electron chi connectivity index (χ0n) is 15.4. The van der Waals surface area contributed by atoms with Crippen LogP contribution in [0.1, 0.15) is 42.5 Å². The second kappa shape index (κ2) is 6.91. The number of rotatable bonds is 5. The molecule has 0 saturated carbocycles. The summed E-state index contributed by atoms with van der Waals surface area (Å²) in [5, 5.41) is 8.97. The number of benzene rings is 1. The maximum Gasteiger partial charge on any atom is 0.228 e.